The summed E-state index contributed by atoms with van der Waals surface area (Å²) in [5.74, 6) is -1.47. The first-order valence-corrected chi connectivity index (χ1v) is 8.14. The van der Waals surface area contributed by atoms with Crippen molar-refractivity contribution in [1.29, 1.82) is 0 Å². The molecule has 0 saturated heterocycles. The lowest BCUT2D eigenvalue weighted by atomic mass is 9.89. The van der Waals surface area contributed by atoms with Gasteiger partial charge in [-0.25, -0.2) is 4.57 Å². The van der Waals surface area contributed by atoms with Crippen LogP contribution in [-0.2, 0) is 15.8 Å². The van der Waals surface area contributed by atoms with Crippen LogP contribution in [0.25, 0.3) is 0 Å². The molecule has 2 rings (SSSR count). The molecule has 1 aromatic carbocycles. The lowest BCUT2D eigenvalue weighted by Crippen LogP contribution is -2.27. The topological polar surface area (TPSA) is 127 Å². The van der Waals surface area contributed by atoms with Crippen LogP contribution >= 0.6 is 7.75 Å². The average Bonchev–Trinajstić information content (AvgIpc) is 2.35. The van der Waals surface area contributed by atoms with E-state index in [4.69, 9.17) is 9.79 Å². The number of ketones is 1. The van der Waals surface area contributed by atoms with Gasteiger partial charge in [0.2, 0.25) is 0 Å². The van der Waals surface area contributed by atoms with Crippen molar-refractivity contribution in [1.82, 2.24) is 5.09 Å². The van der Waals surface area contributed by atoms with Crippen LogP contribution in [0.4, 0.5) is 0 Å². The molecule has 1 atom stereocenters. The van der Waals surface area contributed by atoms with E-state index in [0.717, 1.165) is 17.7 Å². The zero-order chi connectivity index (χ0) is 16.3. The summed E-state index contributed by atoms with van der Waals surface area (Å²) in [5.41, 5.74) is 0.778. The molecule has 0 spiro atoms. The van der Waals surface area contributed by atoms with Gasteiger partial charge in [0.15, 0.2) is 5.78 Å². The minimum atomic E-state index is -4.58. The smallest absolute Gasteiger partial charge is 0.427 e. The van der Waals surface area contributed by atoms with Gasteiger partial charge >= 0.3 is 7.75 Å². The van der Waals surface area contributed by atoms with Gasteiger partial charge in [-0.15, -0.1) is 0 Å². The third-order valence-electron chi connectivity index (χ3n) is 3.22. The van der Waals surface area contributed by atoms with Gasteiger partial charge in [0.1, 0.15) is 11.5 Å². The molecule has 0 radical (unpaired) electrons. The maximum Gasteiger partial charge on any atom is 0.427 e. The third kappa shape index (κ3) is 4.46. The van der Waals surface area contributed by atoms with Crippen molar-refractivity contribution in [2.24, 2.45) is 5.92 Å². The first kappa shape index (κ1) is 16.3. The van der Waals surface area contributed by atoms with Crippen molar-refractivity contribution in [3.8, 4) is 5.75 Å². The molecule has 7 nitrogen and oxygen atoms in total. The van der Waals surface area contributed by atoms with Crippen molar-refractivity contribution in [2.75, 3.05) is 0 Å². The molecule has 22 heavy (non-hydrogen) atoms. The number of benzene rings is 1. The summed E-state index contributed by atoms with van der Waals surface area (Å²) in [6.07, 6.45) is 2.87. The highest BCUT2D eigenvalue weighted by Crippen LogP contribution is 2.35. The number of nitrogens with one attached hydrogen (secondary N) is 1. The summed E-state index contributed by atoms with van der Waals surface area (Å²) in [6, 6.07) is 6.53. The van der Waals surface area contributed by atoms with Crippen molar-refractivity contribution in [2.45, 2.75) is 12.8 Å². The van der Waals surface area contributed by atoms with Crippen LogP contribution in [0.2, 0.25) is 0 Å². The predicted molar refractivity (Wildman–Crippen MR) is 78.9 cm³/mol. The van der Waals surface area contributed by atoms with E-state index in [9.17, 15) is 19.6 Å². The van der Waals surface area contributed by atoms with Crippen LogP contribution in [0.15, 0.2) is 47.9 Å². The van der Waals surface area contributed by atoms with Gasteiger partial charge in [-0.05, 0) is 30.5 Å². The van der Waals surface area contributed by atoms with Crippen LogP contribution < -0.4 is 5.09 Å². The molecule has 0 heterocycles. The van der Waals surface area contributed by atoms with Crippen molar-refractivity contribution >= 4 is 13.5 Å². The maximum atomic E-state index is 12.0. The molecule has 0 amide bonds. The predicted octanol–water partition coefficient (Wildman–Crippen LogP) is 1.53. The number of aliphatic hydroxyl groups excluding tert-OH is 1. The normalized spacial score (nSPS) is 18.6. The molecule has 0 bridgehead atoms. The standard InChI is InChI=1S/C14H16NO6P/c16-10-3-1-2-9(6-10)4-5-12-13(15-22(19,20)21)7-11(17)8-14(12)18/h1-3,6-8,12,16-17H,4-5H2,(H3,15,19,20,21). The zero-order valence-electron chi connectivity index (χ0n) is 11.5. The fourth-order valence-corrected chi connectivity index (χ4v) is 2.86. The SMILES string of the molecule is O=C1C=C(O)C=C(NP(=O)(O)O)C1CCc1cccc(O)c1. The zero-order valence-corrected chi connectivity index (χ0v) is 12.4. The van der Waals surface area contributed by atoms with Crippen LogP contribution in [0.1, 0.15) is 12.0 Å². The summed E-state index contributed by atoms with van der Waals surface area (Å²) >= 11 is 0. The lowest BCUT2D eigenvalue weighted by molar-refractivity contribution is -0.117. The minimum Gasteiger partial charge on any atom is -0.508 e. The second-order valence-electron chi connectivity index (χ2n) is 4.99. The Morgan fingerprint density at radius 3 is 2.55 bits per heavy atom. The van der Waals surface area contributed by atoms with Crippen LogP contribution in [-0.4, -0.2) is 25.8 Å². The van der Waals surface area contributed by atoms with E-state index in [1.54, 1.807) is 18.2 Å². The van der Waals surface area contributed by atoms with Gasteiger partial charge in [-0.2, -0.15) is 0 Å². The molecule has 8 heteroatoms. The van der Waals surface area contributed by atoms with Crippen LogP contribution in [0.5, 0.6) is 5.75 Å². The summed E-state index contributed by atoms with van der Waals surface area (Å²) in [4.78, 5) is 30.0. The highest BCUT2D eigenvalue weighted by Gasteiger charge is 2.29. The van der Waals surface area contributed by atoms with Gasteiger partial charge < -0.3 is 20.0 Å². The van der Waals surface area contributed by atoms with E-state index in [-0.39, 0.29) is 23.6 Å². The first-order valence-electron chi connectivity index (χ1n) is 6.52. The summed E-state index contributed by atoms with van der Waals surface area (Å²) < 4.78 is 11.1. The molecule has 0 aliphatic heterocycles. The molecule has 1 aromatic rings. The number of phenolic OH excluding ortho intramolecular Hbond substituents is 1. The Morgan fingerprint density at radius 1 is 1.18 bits per heavy atom. The van der Waals surface area contributed by atoms with Crippen LogP contribution in [0.3, 0.4) is 0 Å². The molecule has 0 saturated carbocycles. The Hall–Kier alpha value is -2.08. The number of carbonyl (C=O) groups is 1. The number of aryl methyl sites for hydroxylation is 1. The average molecular weight is 325 g/mol. The first-order chi connectivity index (χ1) is 10.2. The second-order valence-corrected chi connectivity index (χ2v) is 6.30. The summed E-state index contributed by atoms with van der Waals surface area (Å²) in [7, 11) is -4.58. The van der Waals surface area contributed by atoms with Gasteiger partial charge in [-0.3, -0.25) is 9.88 Å². The van der Waals surface area contributed by atoms with Crippen molar-refractivity contribution in [3.05, 3.63) is 53.4 Å². The van der Waals surface area contributed by atoms with Crippen molar-refractivity contribution in [3.63, 3.8) is 0 Å². The van der Waals surface area contributed by atoms with Gasteiger partial charge in [0.05, 0.1) is 5.92 Å². The Kier molecular flexibility index (Phi) is 4.71. The van der Waals surface area contributed by atoms with E-state index >= 15 is 0 Å². The van der Waals surface area contributed by atoms with E-state index in [2.05, 4.69) is 0 Å². The monoisotopic (exact) mass is 325 g/mol. The van der Waals surface area contributed by atoms with E-state index < -0.39 is 19.4 Å². The Labute approximate surface area is 126 Å². The third-order valence-corrected chi connectivity index (χ3v) is 3.77. The second kappa shape index (κ2) is 6.36. The molecule has 1 aliphatic rings. The molecule has 1 aliphatic carbocycles. The molecule has 0 aromatic heterocycles. The Balaban J connectivity index is 2.14. The number of allylic oxidation sites excluding steroid dienone is 3. The molecular formula is C14H16NO6P. The fourth-order valence-electron chi connectivity index (χ4n) is 2.30. The van der Waals surface area contributed by atoms with Crippen LogP contribution in [0, 0.1) is 5.92 Å². The molecule has 5 N–H and O–H groups in total. The summed E-state index contributed by atoms with van der Waals surface area (Å²) in [5, 5.41) is 20.8. The van der Waals surface area contributed by atoms with E-state index in [1.807, 2.05) is 5.09 Å². The summed E-state index contributed by atoms with van der Waals surface area (Å²) in [6.45, 7) is 0. The van der Waals surface area contributed by atoms with Gasteiger partial charge in [0, 0.05) is 17.8 Å². The number of hydrogen-bond donors (Lipinski definition) is 5. The molecular weight excluding hydrogens is 309 g/mol. The fraction of sp³-hybridized carbons (Fsp3) is 0.214. The molecule has 118 valence electrons. The number of hydrogen-bond acceptors (Lipinski definition) is 4. The quantitative estimate of drug-likeness (QED) is 0.519. The van der Waals surface area contributed by atoms with Gasteiger partial charge in [0.25, 0.3) is 0 Å². The number of aliphatic hydroxyl groups is 1. The van der Waals surface area contributed by atoms with E-state index in [0.29, 0.717) is 6.42 Å². The largest absolute Gasteiger partial charge is 0.508 e. The van der Waals surface area contributed by atoms with E-state index in [1.165, 1.54) is 6.07 Å². The maximum absolute atomic E-state index is 12.0. The molecule has 0 fully saturated rings. The number of phenols is 1. The van der Waals surface area contributed by atoms with Crippen molar-refractivity contribution < 1.29 is 29.4 Å². The van der Waals surface area contributed by atoms with Gasteiger partial charge in [-0.1, -0.05) is 12.1 Å². The Bertz CT molecular complexity index is 690. The highest BCUT2D eigenvalue weighted by atomic mass is 31.2. The lowest BCUT2D eigenvalue weighted by Gasteiger charge is -2.23. The minimum absolute atomic E-state index is 0.0153. The Morgan fingerprint density at radius 2 is 1.91 bits per heavy atom. The highest BCUT2D eigenvalue weighted by molar-refractivity contribution is 7.49. The molecule has 1 unspecified atom stereocenters. The number of carbonyl (C=O) groups excluding carboxylic acids is 1. The number of rotatable bonds is 5. The number of aromatic hydroxyl groups is 1.